The molecule has 0 bridgehead atoms. The van der Waals surface area contributed by atoms with Crippen LogP contribution in [0.1, 0.15) is 36.1 Å². The molecule has 7 N–H and O–H groups in total. The molecule has 33 heavy (non-hydrogen) atoms. The number of hydrogen-bond acceptors (Lipinski definition) is 6. The number of phenols is 1. The standard InChI is InChI=1S/C22H23N5O6/c1-22(14-6-2-13(3-7-14)19(23)24)20(32)27(21(33)26-22)11-17(29)25-16(10-18(30)31)12-4-8-15(28)9-5-12/h2-9,16,28H,10-11H2,1H3,(H3,23,24)(H,25,29)(H,26,33)(H,30,31). The molecule has 2 atom stereocenters. The number of phenolic OH excluding ortho intramolecular Hbond substituents is 1. The van der Waals surface area contributed by atoms with Crippen molar-refractivity contribution in [1.29, 1.82) is 5.41 Å². The average Bonchev–Trinajstić information content (AvgIpc) is 2.97. The maximum absolute atomic E-state index is 13.0. The van der Waals surface area contributed by atoms with E-state index in [1.165, 1.54) is 31.2 Å². The Bertz CT molecular complexity index is 1120. The van der Waals surface area contributed by atoms with Crippen LogP contribution in [0.2, 0.25) is 0 Å². The van der Waals surface area contributed by atoms with E-state index in [1.54, 1.807) is 24.3 Å². The largest absolute Gasteiger partial charge is 0.508 e. The highest BCUT2D eigenvalue weighted by Crippen LogP contribution is 2.29. The Hall–Kier alpha value is -4.41. The highest BCUT2D eigenvalue weighted by Gasteiger charge is 2.49. The number of urea groups is 1. The van der Waals surface area contributed by atoms with Gasteiger partial charge in [0.25, 0.3) is 5.91 Å². The number of amidine groups is 1. The van der Waals surface area contributed by atoms with Crippen LogP contribution in [0.3, 0.4) is 0 Å². The van der Waals surface area contributed by atoms with Crippen LogP contribution < -0.4 is 16.4 Å². The second kappa shape index (κ2) is 8.99. The zero-order valence-electron chi connectivity index (χ0n) is 17.7. The van der Waals surface area contributed by atoms with Crippen molar-refractivity contribution in [3.05, 3.63) is 65.2 Å². The van der Waals surface area contributed by atoms with Gasteiger partial charge in [0, 0.05) is 5.56 Å². The van der Waals surface area contributed by atoms with Crippen LogP contribution in [0, 0.1) is 5.41 Å². The maximum Gasteiger partial charge on any atom is 0.325 e. The quantitative estimate of drug-likeness (QED) is 0.193. The van der Waals surface area contributed by atoms with E-state index in [1.807, 2.05) is 0 Å². The van der Waals surface area contributed by atoms with E-state index in [2.05, 4.69) is 10.6 Å². The average molecular weight is 453 g/mol. The first-order valence-electron chi connectivity index (χ1n) is 9.90. The number of carboxylic acid groups (broad SMARTS) is 1. The van der Waals surface area contributed by atoms with Crippen LogP contribution in [0.4, 0.5) is 4.79 Å². The lowest BCUT2D eigenvalue weighted by atomic mass is 9.91. The minimum absolute atomic E-state index is 0.0193. The van der Waals surface area contributed by atoms with E-state index in [9.17, 15) is 29.4 Å². The van der Waals surface area contributed by atoms with Gasteiger partial charge in [-0.2, -0.15) is 0 Å². The Morgan fingerprint density at radius 3 is 2.30 bits per heavy atom. The molecule has 2 unspecified atom stereocenters. The van der Waals surface area contributed by atoms with Crippen LogP contribution >= 0.6 is 0 Å². The lowest BCUT2D eigenvalue weighted by molar-refractivity contribution is -0.138. The topological polar surface area (TPSA) is 186 Å². The fourth-order valence-corrected chi connectivity index (χ4v) is 3.54. The molecule has 11 heteroatoms. The van der Waals surface area contributed by atoms with E-state index in [-0.39, 0.29) is 11.6 Å². The fourth-order valence-electron chi connectivity index (χ4n) is 3.54. The summed E-state index contributed by atoms with van der Waals surface area (Å²) in [4.78, 5) is 50.1. The number of carboxylic acids is 1. The van der Waals surface area contributed by atoms with Gasteiger partial charge in [-0.3, -0.25) is 24.7 Å². The molecule has 11 nitrogen and oxygen atoms in total. The van der Waals surface area contributed by atoms with Crippen LogP contribution in [0.15, 0.2) is 48.5 Å². The van der Waals surface area contributed by atoms with Crippen molar-refractivity contribution in [2.24, 2.45) is 5.73 Å². The third-order valence-electron chi connectivity index (χ3n) is 5.36. The summed E-state index contributed by atoms with van der Waals surface area (Å²) in [6, 6.07) is 10.2. The molecule has 0 aliphatic carbocycles. The molecular formula is C22H23N5O6. The van der Waals surface area contributed by atoms with E-state index >= 15 is 0 Å². The summed E-state index contributed by atoms with van der Waals surface area (Å²) in [6.45, 7) is 0.886. The van der Waals surface area contributed by atoms with Gasteiger partial charge in [0.1, 0.15) is 23.7 Å². The molecule has 0 spiro atoms. The normalized spacial score (nSPS) is 18.5. The van der Waals surface area contributed by atoms with Crippen LogP contribution in [0.5, 0.6) is 5.75 Å². The molecule has 4 amide bonds. The number of amides is 4. The third kappa shape index (κ3) is 4.92. The number of nitrogens with zero attached hydrogens (tertiary/aromatic N) is 1. The molecule has 1 heterocycles. The Morgan fingerprint density at radius 2 is 1.76 bits per heavy atom. The number of carbonyl (C=O) groups is 4. The predicted octanol–water partition coefficient (Wildman–Crippen LogP) is 0.775. The van der Waals surface area contributed by atoms with Crippen LogP contribution in [-0.2, 0) is 19.9 Å². The van der Waals surface area contributed by atoms with Crippen molar-refractivity contribution in [2.45, 2.75) is 24.9 Å². The Kier molecular flexibility index (Phi) is 6.33. The highest BCUT2D eigenvalue weighted by atomic mass is 16.4. The van der Waals surface area contributed by atoms with Gasteiger partial charge in [0.15, 0.2) is 0 Å². The number of carbonyl (C=O) groups excluding carboxylic acids is 3. The number of hydrogen-bond donors (Lipinski definition) is 6. The van der Waals surface area contributed by atoms with Gasteiger partial charge in [-0.05, 0) is 30.2 Å². The van der Waals surface area contributed by atoms with E-state index < -0.39 is 48.4 Å². The number of imide groups is 1. The molecule has 172 valence electrons. The van der Waals surface area contributed by atoms with Crippen LogP contribution in [0.25, 0.3) is 0 Å². The zero-order chi connectivity index (χ0) is 24.3. The number of aromatic hydroxyl groups is 1. The fraction of sp³-hybridized carbons (Fsp3) is 0.227. The summed E-state index contributed by atoms with van der Waals surface area (Å²) in [5, 5.41) is 31.2. The number of rotatable bonds is 8. The van der Waals surface area contributed by atoms with Gasteiger partial charge >= 0.3 is 12.0 Å². The minimum Gasteiger partial charge on any atom is -0.508 e. The van der Waals surface area contributed by atoms with Crippen molar-refractivity contribution in [3.8, 4) is 5.75 Å². The van der Waals surface area contributed by atoms with Gasteiger partial charge in [-0.25, -0.2) is 4.79 Å². The number of nitrogens with two attached hydrogens (primary N) is 1. The maximum atomic E-state index is 13.0. The number of benzene rings is 2. The number of nitrogens with one attached hydrogen (secondary N) is 3. The van der Waals surface area contributed by atoms with Crippen molar-refractivity contribution < 1.29 is 29.4 Å². The lowest BCUT2D eigenvalue weighted by Gasteiger charge is -2.23. The van der Waals surface area contributed by atoms with Crippen molar-refractivity contribution in [2.75, 3.05) is 6.54 Å². The van der Waals surface area contributed by atoms with Gasteiger partial charge in [-0.15, -0.1) is 0 Å². The molecule has 3 rings (SSSR count). The van der Waals surface area contributed by atoms with E-state index in [0.717, 1.165) is 4.90 Å². The van der Waals surface area contributed by atoms with Gasteiger partial charge < -0.3 is 26.6 Å². The minimum atomic E-state index is -1.43. The first-order valence-corrected chi connectivity index (χ1v) is 9.90. The molecule has 1 fully saturated rings. The zero-order valence-corrected chi connectivity index (χ0v) is 17.7. The summed E-state index contributed by atoms with van der Waals surface area (Å²) >= 11 is 0. The van der Waals surface area contributed by atoms with Crippen molar-refractivity contribution in [1.82, 2.24) is 15.5 Å². The molecule has 0 aromatic heterocycles. The SMILES string of the molecule is CC1(c2ccc(C(=N)N)cc2)NC(=O)N(CC(=O)NC(CC(=O)O)c2ccc(O)cc2)C1=O. The molecular weight excluding hydrogens is 430 g/mol. The molecule has 0 saturated carbocycles. The molecule has 2 aromatic rings. The third-order valence-corrected chi connectivity index (χ3v) is 5.36. The second-order valence-corrected chi connectivity index (χ2v) is 7.75. The smallest absolute Gasteiger partial charge is 0.325 e. The monoisotopic (exact) mass is 453 g/mol. The Labute approximate surface area is 188 Å². The molecule has 1 aliphatic rings. The molecule has 2 aromatic carbocycles. The summed E-state index contributed by atoms with van der Waals surface area (Å²) < 4.78 is 0. The van der Waals surface area contributed by atoms with Gasteiger partial charge in [0.05, 0.1) is 12.5 Å². The van der Waals surface area contributed by atoms with Gasteiger partial charge in [0.2, 0.25) is 5.91 Å². The molecule has 0 radical (unpaired) electrons. The highest BCUT2D eigenvalue weighted by molar-refractivity contribution is 6.09. The predicted molar refractivity (Wildman–Crippen MR) is 116 cm³/mol. The second-order valence-electron chi connectivity index (χ2n) is 7.75. The number of nitrogen functional groups attached to an aromatic ring is 1. The number of aliphatic carboxylic acids is 1. The van der Waals surface area contributed by atoms with E-state index in [4.69, 9.17) is 11.1 Å². The van der Waals surface area contributed by atoms with Crippen LogP contribution in [-0.4, -0.2) is 51.3 Å². The van der Waals surface area contributed by atoms with E-state index in [0.29, 0.717) is 16.7 Å². The Balaban J connectivity index is 1.75. The Morgan fingerprint density at radius 1 is 1.15 bits per heavy atom. The first kappa shape index (κ1) is 23.3. The van der Waals surface area contributed by atoms with Gasteiger partial charge in [-0.1, -0.05) is 36.4 Å². The molecule has 1 aliphatic heterocycles. The summed E-state index contributed by atoms with van der Waals surface area (Å²) in [6.07, 6.45) is -0.434. The molecule has 1 saturated heterocycles. The summed E-state index contributed by atoms with van der Waals surface area (Å²) in [5.41, 5.74) is 5.35. The summed E-state index contributed by atoms with van der Waals surface area (Å²) in [7, 11) is 0. The first-order chi connectivity index (χ1) is 15.5. The lowest BCUT2D eigenvalue weighted by Crippen LogP contribution is -2.44. The van der Waals surface area contributed by atoms with Crippen molar-refractivity contribution >= 4 is 29.7 Å². The van der Waals surface area contributed by atoms with Crippen molar-refractivity contribution in [3.63, 3.8) is 0 Å². The summed E-state index contributed by atoms with van der Waals surface area (Å²) in [5.74, 6) is -2.71.